The molecule has 0 aliphatic carbocycles. The number of guanidine groups is 1. The molecule has 0 spiro atoms. The summed E-state index contributed by atoms with van der Waals surface area (Å²) in [6, 6.07) is 0.622. The van der Waals surface area contributed by atoms with Gasteiger partial charge in [-0.3, -0.25) is 14.8 Å². The first kappa shape index (κ1) is 18.3. The first-order valence-corrected chi connectivity index (χ1v) is 8.57. The molecule has 1 unspecified atom stereocenters. The van der Waals surface area contributed by atoms with Crippen LogP contribution in [0.25, 0.3) is 0 Å². The number of fused-ring (bicyclic) bond motifs is 3. The molecule has 2 bridgehead atoms. The maximum atomic E-state index is 4.97. The quantitative estimate of drug-likeness (QED) is 0.423. The Bertz CT molecular complexity index is 390. The summed E-state index contributed by atoms with van der Waals surface area (Å²) < 4.78 is 0. The Morgan fingerprint density at radius 1 is 1.18 bits per heavy atom. The molecule has 0 saturated carbocycles. The van der Waals surface area contributed by atoms with Gasteiger partial charge in [0.2, 0.25) is 0 Å². The van der Waals surface area contributed by atoms with Crippen LogP contribution in [0.1, 0.15) is 27.2 Å². The second kappa shape index (κ2) is 7.66. The fourth-order valence-electron chi connectivity index (χ4n) is 3.81. The Balaban J connectivity index is 0.00000176. The number of hydrogen-bond acceptors (Lipinski definition) is 3. The molecule has 4 aliphatic heterocycles. The minimum absolute atomic E-state index is 0. The van der Waals surface area contributed by atoms with Crippen molar-refractivity contribution in [3.63, 3.8) is 0 Å². The van der Waals surface area contributed by atoms with Crippen molar-refractivity contribution in [3.05, 3.63) is 0 Å². The molecule has 1 N–H and O–H groups in total. The lowest BCUT2D eigenvalue weighted by Gasteiger charge is -2.47. The molecule has 1 atom stereocenters. The Kier molecular flexibility index (Phi) is 6.36. The third kappa shape index (κ3) is 4.26. The maximum absolute atomic E-state index is 4.97. The van der Waals surface area contributed by atoms with Crippen molar-refractivity contribution in [1.82, 2.24) is 20.0 Å². The van der Waals surface area contributed by atoms with E-state index in [0.29, 0.717) is 11.5 Å². The average molecular weight is 421 g/mol. The van der Waals surface area contributed by atoms with Gasteiger partial charge in [-0.25, -0.2) is 0 Å². The summed E-state index contributed by atoms with van der Waals surface area (Å²) in [5, 5.41) is 3.49. The van der Waals surface area contributed by atoms with Gasteiger partial charge in [-0.1, -0.05) is 13.8 Å². The summed E-state index contributed by atoms with van der Waals surface area (Å²) in [6.45, 7) is 17.2. The molecule has 4 saturated heterocycles. The van der Waals surface area contributed by atoms with E-state index in [1.807, 2.05) is 0 Å². The number of rotatable bonds is 3. The second-order valence-corrected chi connectivity index (χ2v) is 7.52. The maximum Gasteiger partial charge on any atom is 0.193 e. The van der Waals surface area contributed by atoms with E-state index in [-0.39, 0.29) is 24.0 Å². The van der Waals surface area contributed by atoms with Gasteiger partial charge < -0.3 is 10.2 Å². The van der Waals surface area contributed by atoms with Crippen LogP contribution in [0, 0.1) is 5.41 Å². The summed E-state index contributed by atoms with van der Waals surface area (Å²) in [5.41, 5.74) is 0.426. The largest absolute Gasteiger partial charge is 0.357 e. The average Bonchev–Trinajstić information content (AvgIpc) is 2.85. The fourth-order valence-corrected chi connectivity index (χ4v) is 3.81. The van der Waals surface area contributed by atoms with Crippen LogP contribution in [0.3, 0.4) is 0 Å². The third-order valence-corrected chi connectivity index (χ3v) is 5.16. The summed E-state index contributed by atoms with van der Waals surface area (Å²) in [7, 11) is 0. The number of likely N-dealkylation sites (tertiary alicyclic amines) is 1. The zero-order chi connectivity index (χ0) is 14.9. The third-order valence-electron chi connectivity index (χ3n) is 5.16. The van der Waals surface area contributed by atoms with Gasteiger partial charge >= 0.3 is 0 Å². The van der Waals surface area contributed by atoms with Gasteiger partial charge in [-0.15, -0.1) is 24.0 Å². The molecule has 0 amide bonds. The molecule has 4 rings (SSSR count). The lowest BCUT2D eigenvalue weighted by molar-refractivity contribution is 0.0173. The van der Waals surface area contributed by atoms with Crippen molar-refractivity contribution in [2.24, 2.45) is 10.4 Å². The van der Waals surface area contributed by atoms with E-state index >= 15 is 0 Å². The number of hydrogen-bond donors (Lipinski definition) is 1. The first-order valence-electron chi connectivity index (χ1n) is 8.57. The summed E-state index contributed by atoms with van der Waals surface area (Å²) >= 11 is 0. The van der Waals surface area contributed by atoms with Crippen molar-refractivity contribution in [3.8, 4) is 0 Å². The molecule has 4 heterocycles. The van der Waals surface area contributed by atoms with Crippen molar-refractivity contribution in [2.45, 2.75) is 33.2 Å². The number of aliphatic imine (C=N–C) groups is 1. The topological polar surface area (TPSA) is 34.1 Å². The SMILES string of the molecule is CCNC(=NCC1CN2CCN1CC2)N1CCC(C)(C)C1.I. The summed E-state index contributed by atoms with van der Waals surface area (Å²) in [5.74, 6) is 1.13. The minimum atomic E-state index is 0. The van der Waals surface area contributed by atoms with Crippen LogP contribution in [0.15, 0.2) is 4.99 Å². The van der Waals surface area contributed by atoms with Crippen molar-refractivity contribution >= 4 is 29.9 Å². The molecule has 22 heavy (non-hydrogen) atoms. The molecule has 4 aliphatic rings. The molecule has 0 aromatic carbocycles. The monoisotopic (exact) mass is 421 g/mol. The highest BCUT2D eigenvalue weighted by Gasteiger charge is 2.33. The molecule has 6 heteroatoms. The summed E-state index contributed by atoms with van der Waals surface area (Å²) in [6.07, 6.45) is 1.26. The number of piperazine rings is 3. The van der Waals surface area contributed by atoms with Crippen LogP contribution in [-0.2, 0) is 0 Å². The van der Waals surface area contributed by atoms with Crippen molar-refractivity contribution in [2.75, 3.05) is 58.9 Å². The van der Waals surface area contributed by atoms with E-state index in [1.54, 1.807) is 0 Å². The Hall–Kier alpha value is -0.0800. The van der Waals surface area contributed by atoms with E-state index < -0.39 is 0 Å². The number of nitrogens with one attached hydrogen (secondary N) is 1. The predicted octanol–water partition coefficient (Wildman–Crippen LogP) is 1.30. The van der Waals surface area contributed by atoms with E-state index in [9.17, 15) is 0 Å². The number of nitrogens with zero attached hydrogens (tertiary/aromatic N) is 4. The van der Waals surface area contributed by atoms with Crippen LogP contribution in [-0.4, -0.2) is 85.6 Å². The van der Waals surface area contributed by atoms with Crippen LogP contribution < -0.4 is 5.32 Å². The zero-order valence-electron chi connectivity index (χ0n) is 14.3. The Labute approximate surface area is 152 Å². The second-order valence-electron chi connectivity index (χ2n) is 7.52. The van der Waals surface area contributed by atoms with Gasteiger partial charge in [-0.2, -0.15) is 0 Å². The van der Waals surface area contributed by atoms with Gasteiger partial charge in [0.05, 0.1) is 6.54 Å². The molecule has 0 aromatic heterocycles. The van der Waals surface area contributed by atoms with E-state index in [2.05, 4.69) is 40.8 Å². The highest BCUT2D eigenvalue weighted by molar-refractivity contribution is 14.0. The van der Waals surface area contributed by atoms with Gasteiger partial charge in [0.1, 0.15) is 0 Å². The molecule has 5 nitrogen and oxygen atoms in total. The lowest BCUT2D eigenvalue weighted by Crippen LogP contribution is -2.62. The number of halogens is 1. The molecule has 128 valence electrons. The van der Waals surface area contributed by atoms with Gasteiger partial charge in [0, 0.05) is 58.4 Å². The van der Waals surface area contributed by atoms with E-state index in [1.165, 1.54) is 39.1 Å². The molecule has 4 fully saturated rings. The van der Waals surface area contributed by atoms with Crippen LogP contribution in [0.2, 0.25) is 0 Å². The molecule has 0 radical (unpaired) electrons. The lowest BCUT2D eigenvalue weighted by atomic mass is 9.93. The Morgan fingerprint density at radius 3 is 2.41 bits per heavy atom. The molecular weight excluding hydrogens is 389 g/mol. The molecule has 0 aromatic rings. The smallest absolute Gasteiger partial charge is 0.193 e. The van der Waals surface area contributed by atoms with Crippen molar-refractivity contribution < 1.29 is 0 Å². The summed E-state index contributed by atoms with van der Waals surface area (Å²) in [4.78, 5) is 12.6. The minimum Gasteiger partial charge on any atom is -0.357 e. The first-order chi connectivity index (χ1) is 10.1. The van der Waals surface area contributed by atoms with Crippen molar-refractivity contribution in [1.29, 1.82) is 0 Å². The van der Waals surface area contributed by atoms with Gasteiger partial charge in [-0.05, 0) is 18.8 Å². The van der Waals surface area contributed by atoms with Gasteiger partial charge in [0.15, 0.2) is 5.96 Å². The van der Waals surface area contributed by atoms with E-state index in [4.69, 9.17) is 4.99 Å². The predicted molar refractivity (Wildman–Crippen MR) is 103 cm³/mol. The van der Waals surface area contributed by atoms with Crippen LogP contribution in [0.5, 0.6) is 0 Å². The van der Waals surface area contributed by atoms with Crippen LogP contribution in [0.4, 0.5) is 0 Å². The van der Waals surface area contributed by atoms with E-state index in [0.717, 1.165) is 32.1 Å². The normalized spacial score (nSPS) is 33.7. The highest BCUT2D eigenvalue weighted by Crippen LogP contribution is 2.28. The zero-order valence-corrected chi connectivity index (χ0v) is 16.7. The standard InChI is InChI=1S/C16H31N5.HI/c1-4-17-15(21-6-5-16(2,3)13-21)18-11-14-12-19-7-9-20(14)10-8-19;/h14H,4-13H2,1-3H3,(H,17,18);1H. The molecular formula is C16H32IN5. The highest BCUT2D eigenvalue weighted by atomic mass is 127. The fraction of sp³-hybridized carbons (Fsp3) is 0.938. The van der Waals surface area contributed by atoms with Gasteiger partial charge in [0.25, 0.3) is 0 Å². The Morgan fingerprint density at radius 2 is 1.91 bits per heavy atom. The van der Waals surface area contributed by atoms with Crippen LogP contribution >= 0.6 is 24.0 Å².